The Morgan fingerprint density at radius 1 is 1.44 bits per heavy atom. The van der Waals surface area contributed by atoms with Crippen molar-refractivity contribution in [3.63, 3.8) is 0 Å². The van der Waals surface area contributed by atoms with Crippen molar-refractivity contribution in [3.05, 3.63) is 24.0 Å². The molecule has 0 N–H and O–H groups in total. The molecule has 1 aromatic carbocycles. The van der Waals surface area contributed by atoms with Crippen molar-refractivity contribution >= 4 is 12.6 Å². The summed E-state index contributed by atoms with van der Waals surface area (Å²) in [7, 11) is 0.917. The zero-order chi connectivity index (χ0) is 13.3. The lowest BCUT2D eigenvalue weighted by Crippen LogP contribution is -2.51. The minimum absolute atomic E-state index is 0.0870. The molecule has 0 bridgehead atoms. The Morgan fingerprint density at radius 2 is 2.17 bits per heavy atom. The van der Waals surface area contributed by atoms with Crippen LogP contribution in [0.5, 0.6) is 5.75 Å². The van der Waals surface area contributed by atoms with Gasteiger partial charge in [-0.05, 0) is 44.8 Å². The monoisotopic (exact) mass is 252 g/mol. The van der Waals surface area contributed by atoms with Gasteiger partial charge in [0.05, 0.1) is 12.7 Å². The van der Waals surface area contributed by atoms with E-state index in [1.807, 2.05) is 20.8 Å². The third-order valence-corrected chi connectivity index (χ3v) is 3.01. The largest absolute Gasteiger partial charge is 0.494 e. The summed E-state index contributed by atoms with van der Waals surface area (Å²) in [5.41, 5.74) is 0.409. The van der Waals surface area contributed by atoms with Gasteiger partial charge in [-0.25, -0.2) is 4.39 Å². The summed E-state index contributed by atoms with van der Waals surface area (Å²) < 4.78 is 30.1. The first kappa shape index (κ1) is 13.4. The van der Waals surface area contributed by atoms with E-state index in [1.165, 1.54) is 13.2 Å². The van der Waals surface area contributed by atoms with E-state index in [1.54, 1.807) is 12.1 Å². The van der Waals surface area contributed by atoms with Crippen LogP contribution in [-0.2, 0) is 9.31 Å². The average Bonchev–Trinajstić information content (AvgIpc) is 2.26. The minimum Gasteiger partial charge on any atom is -0.494 e. The average molecular weight is 252 g/mol. The minimum atomic E-state index is -0.524. The second kappa shape index (κ2) is 4.90. The van der Waals surface area contributed by atoms with Crippen LogP contribution in [0.25, 0.3) is 0 Å². The van der Waals surface area contributed by atoms with Crippen molar-refractivity contribution in [1.82, 2.24) is 0 Å². The Hall–Kier alpha value is -1.07. The lowest BCUT2D eigenvalue weighted by atomic mass is 9.75. The van der Waals surface area contributed by atoms with Crippen molar-refractivity contribution < 1.29 is 18.4 Å². The van der Waals surface area contributed by atoms with Gasteiger partial charge in [-0.15, -0.1) is 0 Å². The zero-order valence-electron chi connectivity index (χ0n) is 11.2. The summed E-state index contributed by atoms with van der Waals surface area (Å²) in [5, 5.41) is 0. The van der Waals surface area contributed by atoms with Gasteiger partial charge in [0.25, 0.3) is 0 Å². The van der Waals surface area contributed by atoms with Gasteiger partial charge in [0.2, 0.25) is 0 Å². The van der Waals surface area contributed by atoms with Crippen LogP contribution in [0.2, 0.25) is 0 Å². The number of benzene rings is 1. The van der Waals surface area contributed by atoms with E-state index in [9.17, 15) is 4.39 Å². The van der Waals surface area contributed by atoms with Crippen LogP contribution in [0.3, 0.4) is 0 Å². The van der Waals surface area contributed by atoms with E-state index in [0.717, 1.165) is 6.42 Å². The van der Waals surface area contributed by atoms with Crippen molar-refractivity contribution in [1.29, 1.82) is 0 Å². The Morgan fingerprint density at radius 3 is 2.72 bits per heavy atom. The fraction of sp³-hybridized carbons (Fsp3) is 0.538. The van der Waals surface area contributed by atoms with Crippen molar-refractivity contribution in [2.45, 2.75) is 38.9 Å². The van der Waals surface area contributed by atoms with E-state index >= 15 is 0 Å². The van der Waals surface area contributed by atoms with Crippen LogP contribution in [-0.4, -0.2) is 25.9 Å². The van der Waals surface area contributed by atoms with E-state index in [-0.39, 0.29) is 17.5 Å². The van der Waals surface area contributed by atoms with Gasteiger partial charge in [0.15, 0.2) is 11.6 Å². The molecule has 1 aromatic rings. The van der Waals surface area contributed by atoms with Gasteiger partial charge >= 0.3 is 7.12 Å². The maximum Gasteiger partial charge on any atom is 0.494 e. The molecular weight excluding hydrogens is 234 g/mol. The topological polar surface area (TPSA) is 27.7 Å². The van der Waals surface area contributed by atoms with Gasteiger partial charge in [0.1, 0.15) is 0 Å². The second-order valence-corrected chi connectivity index (χ2v) is 5.25. The summed E-state index contributed by atoms with van der Waals surface area (Å²) in [6.45, 7) is 6.02. The van der Waals surface area contributed by atoms with Crippen LogP contribution in [0.4, 0.5) is 4.39 Å². The quantitative estimate of drug-likeness (QED) is 0.754. The predicted octanol–water partition coefficient (Wildman–Crippen LogP) is 2.13. The molecule has 1 unspecified atom stereocenters. The van der Waals surface area contributed by atoms with Crippen molar-refractivity contribution in [2.75, 3.05) is 7.11 Å². The smallest absolute Gasteiger partial charge is 0.494 e. The van der Waals surface area contributed by atoms with Crippen LogP contribution < -0.4 is 10.2 Å². The molecule has 2 rings (SSSR count). The Labute approximate surface area is 107 Å². The number of methoxy groups -OCH3 is 1. The summed E-state index contributed by atoms with van der Waals surface area (Å²) in [6.07, 6.45) is 0.909. The molecule has 0 saturated carbocycles. The molecule has 1 saturated heterocycles. The van der Waals surface area contributed by atoms with Crippen LogP contribution in [0.1, 0.15) is 27.2 Å². The summed E-state index contributed by atoms with van der Waals surface area (Å²) in [4.78, 5) is 0. The molecule has 1 heterocycles. The molecule has 0 radical (unpaired) electrons. The highest BCUT2D eigenvalue weighted by atomic mass is 19.1. The molecule has 1 aliphatic rings. The van der Waals surface area contributed by atoms with Crippen LogP contribution in [0.15, 0.2) is 18.2 Å². The molecule has 0 spiro atoms. The van der Waals surface area contributed by atoms with E-state index in [0.29, 0.717) is 5.46 Å². The maximum absolute atomic E-state index is 13.7. The van der Waals surface area contributed by atoms with Gasteiger partial charge in [-0.1, -0.05) is 6.07 Å². The Balaban J connectivity index is 2.23. The maximum atomic E-state index is 13.7. The number of rotatable bonds is 2. The third kappa shape index (κ3) is 2.84. The summed E-state index contributed by atoms with van der Waals surface area (Å²) >= 11 is 0. The fourth-order valence-electron chi connectivity index (χ4n) is 2.29. The van der Waals surface area contributed by atoms with Crippen LogP contribution in [0, 0.1) is 5.82 Å². The van der Waals surface area contributed by atoms with Gasteiger partial charge in [-0.3, -0.25) is 0 Å². The molecule has 0 aliphatic carbocycles. The lowest BCUT2D eigenvalue weighted by molar-refractivity contribution is -0.0230. The second-order valence-electron chi connectivity index (χ2n) is 5.25. The highest BCUT2D eigenvalue weighted by molar-refractivity contribution is 6.61. The van der Waals surface area contributed by atoms with Gasteiger partial charge in [-0.2, -0.15) is 0 Å². The molecule has 1 fully saturated rings. The van der Waals surface area contributed by atoms with E-state index < -0.39 is 12.9 Å². The predicted molar refractivity (Wildman–Crippen MR) is 68.7 cm³/mol. The van der Waals surface area contributed by atoms with E-state index in [2.05, 4.69) is 0 Å². The number of halogens is 1. The SMILES string of the molecule is COc1ccc(B2OC(C)CC(C)(C)O2)cc1F. The number of ether oxygens (including phenoxy) is 1. The first-order chi connectivity index (χ1) is 8.41. The van der Waals surface area contributed by atoms with Gasteiger partial charge in [0, 0.05) is 6.10 Å². The summed E-state index contributed by atoms with van der Waals surface area (Å²) in [5.74, 6) is -0.180. The molecule has 0 amide bonds. The molecule has 98 valence electrons. The molecular formula is C13H18BFO3. The highest BCUT2D eigenvalue weighted by Gasteiger charge is 2.38. The number of hydrogen-bond donors (Lipinski definition) is 0. The third-order valence-electron chi connectivity index (χ3n) is 3.01. The first-order valence-electron chi connectivity index (χ1n) is 6.08. The highest BCUT2D eigenvalue weighted by Crippen LogP contribution is 2.26. The molecule has 1 atom stereocenters. The first-order valence-corrected chi connectivity index (χ1v) is 6.08. The molecule has 1 aliphatic heterocycles. The molecule has 0 aromatic heterocycles. The summed E-state index contributed by atoms with van der Waals surface area (Å²) in [6, 6.07) is 4.75. The van der Waals surface area contributed by atoms with Crippen LogP contribution >= 0.6 is 0 Å². The van der Waals surface area contributed by atoms with Gasteiger partial charge < -0.3 is 14.0 Å². The van der Waals surface area contributed by atoms with Crippen molar-refractivity contribution in [2.24, 2.45) is 0 Å². The molecule has 18 heavy (non-hydrogen) atoms. The van der Waals surface area contributed by atoms with Crippen molar-refractivity contribution in [3.8, 4) is 5.75 Å². The Kier molecular flexibility index (Phi) is 3.64. The number of hydrogen-bond acceptors (Lipinski definition) is 3. The van der Waals surface area contributed by atoms with E-state index in [4.69, 9.17) is 14.0 Å². The molecule has 3 nitrogen and oxygen atoms in total. The fourth-order valence-corrected chi connectivity index (χ4v) is 2.29. The standard InChI is InChI=1S/C13H18BFO3/c1-9-8-13(2,3)18-14(17-9)10-5-6-12(16-4)11(15)7-10/h5-7,9H,8H2,1-4H3. The molecule has 5 heteroatoms. The lowest BCUT2D eigenvalue weighted by Gasteiger charge is -2.38. The Bertz CT molecular complexity index is 436. The normalized spacial score (nSPS) is 22.9. The zero-order valence-corrected chi connectivity index (χ0v) is 11.2.